The number of para-hydroxylation sites is 1. The average Bonchev–Trinajstić information content (AvgIpc) is 2.31. The van der Waals surface area contributed by atoms with Crippen molar-refractivity contribution in [1.29, 1.82) is 5.26 Å². The van der Waals surface area contributed by atoms with Crippen LogP contribution >= 0.6 is 0 Å². The van der Waals surface area contributed by atoms with Gasteiger partial charge in [-0.1, -0.05) is 18.2 Å². The van der Waals surface area contributed by atoms with E-state index in [4.69, 9.17) is 5.26 Å². The van der Waals surface area contributed by atoms with Crippen molar-refractivity contribution < 1.29 is 14.3 Å². The highest BCUT2D eigenvalue weighted by Crippen LogP contribution is 2.08. The van der Waals surface area contributed by atoms with Gasteiger partial charge in [0.2, 0.25) is 5.92 Å². The van der Waals surface area contributed by atoms with E-state index in [2.05, 4.69) is 10.1 Å². The molecule has 1 N–H and O–H groups in total. The van der Waals surface area contributed by atoms with Gasteiger partial charge in [-0.15, -0.1) is 0 Å². The fourth-order valence-corrected chi connectivity index (χ4v) is 1.07. The number of esters is 1. The number of anilines is 1. The van der Waals surface area contributed by atoms with Crippen molar-refractivity contribution in [3.63, 3.8) is 0 Å². The van der Waals surface area contributed by atoms with Gasteiger partial charge in [-0.2, -0.15) is 5.26 Å². The maximum atomic E-state index is 11.5. The zero-order chi connectivity index (χ0) is 12.0. The Kier molecular flexibility index (Phi) is 4.04. The number of hydrogen-bond donors (Lipinski definition) is 1. The normalized spacial score (nSPS) is 11.0. The lowest BCUT2D eigenvalue weighted by Gasteiger charge is -2.07. The maximum Gasteiger partial charge on any atom is 0.332 e. The van der Waals surface area contributed by atoms with Crippen molar-refractivity contribution >= 4 is 17.6 Å². The minimum absolute atomic E-state index is 0.525. The van der Waals surface area contributed by atoms with Gasteiger partial charge in [0.05, 0.1) is 13.2 Å². The van der Waals surface area contributed by atoms with Crippen molar-refractivity contribution in [2.45, 2.75) is 0 Å². The molecule has 1 amide bonds. The minimum Gasteiger partial charge on any atom is -0.468 e. The van der Waals surface area contributed by atoms with E-state index in [9.17, 15) is 9.59 Å². The maximum absolute atomic E-state index is 11.5. The van der Waals surface area contributed by atoms with Gasteiger partial charge in [0.15, 0.2) is 0 Å². The molecule has 5 heteroatoms. The lowest BCUT2D eigenvalue weighted by molar-refractivity contribution is -0.146. The number of nitrogens with zero attached hydrogens (tertiary/aromatic N) is 1. The second-order valence-electron chi connectivity index (χ2n) is 2.94. The lowest BCUT2D eigenvalue weighted by Crippen LogP contribution is -2.29. The van der Waals surface area contributed by atoms with E-state index in [0.29, 0.717) is 5.69 Å². The summed E-state index contributed by atoms with van der Waals surface area (Å²) in [5, 5.41) is 11.1. The summed E-state index contributed by atoms with van der Waals surface area (Å²) < 4.78 is 4.34. The molecular formula is C11H10N2O3. The van der Waals surface area contributed by atoms with Gasteiger partial charge in [-0.25, -0.2) is 0 Å². The molecule has 0 aromatic heterocycles. The molecule has 16 heavy (non-hydrogen) atoms. The highest BCUT2D eigenvalue weighted by atomic mass is 16.5. The zero-order valence-corrected chi connectivity index (χ0v) is 8.64. The summed E-state index contributed by atoms with van der Waals surface area (Å²) in [6.45, 7) is 0. The van der Waals surface area contributed by atoms with Crippen LogP contribution in [0.2, 0.25) is 0 Å². The zero-order valence-electron chi connectivity index (χ0n) is 8.64. The Morgan fingerprint density at radius 1 is 1.38 bits per heavy atom. The average molecular weight is 218 g/mol. The van der Waals surface area contributed by atoms with Gasteiger partial charge in [0.1, 0.15) is 0 Å². The largest absolute Gasteiger partial charge is 0.468 e. The summed E-state index contributed by atoms with van der Waals surface area (Å²) >= 11 is 0. The highest BCUT2D eigenvalue weighted by molar-refractivity contribution is 6.06. The van der Waals surface area contributed by atoms with E-state index in [-0.39, 0.29) is 0 Å². The number of ether oxygens (including phenoxy) is 1. The first-order valence-electron chi connectivity index (χ1n) is 4.52. The van der Waals surface area contributed by atoms with E-state index in [0.717, 1.165) is 7.11 Å². The standard InChI is InChI=1S/C11H10N2O3/c1-16-11(15)9(7-12)10(14)13-8-5-3-2-4-6-8/h2-6,9H,1H3,(H,13,14). The van der Waals surface area contributed by atoms with Crippen molar-refractivity contribution in [3.8, 4) is 6.07 Å². The van der Waals surface area contributed by atoms with Crippen molar-refractivity contribution in [2.24, 2.45) is 5.92 Å². The molecule has 0 spiro atoms. The molecule has 1 aromatic carbocycles. The SMILES string of the molecule is COC(=O)C(C#N)C(=O)Nc1ccccc1. The summed E-state index contributed by atoms with van der Waals surface area (Å²) in [4.78, 5) is 22.6. The van der Waals surface area contributed by atoms with Crippen LogP contribution in [0, 0.1) is 17.2 Å². The number of nitrogens with one attached hydrogen (secondary N) is 1. The molecule has 1 atom stereocenters. The van der Waals surface area contributed by atoms with Crippen LogP contribution in [0.15, 0.2) is 30.3 Å². The lowest BCUT2D eigenvalue weighted by atomic mass is 10.1. The van der Waals surface area contributed by atoms with Crippen molar-refractivity contribution in [1.82, 2.24) is 0 Å². The predicted molar refractivity (Wildman–Crippen MR) is 56.2 cm³/mol. The van der Waals surface area contributed by atoms with Crippen LogP contribution in [0.1, 0.15) is 0 Å². The number of carbonyl (C=O) groups is 2. The van der Waals surface area contributed by atoms with Gasteiger partial charge >= 0.3 is 5.97 Å². The molecule has 1 unspecified atom stereocenters. The molecule has 0 radical (unpaired) electrons. The van der Waals surface area contributed by atoms with E-state index in [1.807, 2.05) is 0 Å². The first-order valence-corrected chi connectivity index (χ1v) is 4.52. The van der Waals surface area contributed by atoms with Crippen molar-refractivity contribution in [3.05, 3.63) is 30.3 Å². The van der Waals surface area contributed by atoms with E-state index < -0.39 is 17.8 Å². The fourth-order valence-electron chi connectivity index (χ4n) is 1.07. The number of carbonyl (C=O) groups excluding carboxylic acids is 2. The quantitative estimate of drug-likeness (QED) is 0.604. The van der Waals surface area contributed by atoms with Crippen LogP contribution in [-0.4, -0.2) is 19.0 Å². The molecule has 5 nitrogen and oxygen atoms in total. The molecule has 0 bridgehead atoms. The smallest absolute Gasteiger partial charge is 0.332 e. The minimum atomic E-state index is -1.44. The molecule has 82 valence electrons. The van der Waals surface area contributed by atoms with Gasteiger partial charge in [-0.05, 0) is 12.1 Å². The molecule has 1 aromatic rings. The predicted octanol–water partition coefficient (Wildman–Crippen LogP) is 0.938. The fraction of sp³-hybridized carbons (Fsp3) is 0.182. The van der Waals surface area contributed by atoms with Crippen LogP contribution in [0.4, 0.5) is 5.69 Å². The van der Waals surface area contributed by atoms with E-state index in [1.165, 1.54) is 0 Å². The monoisotopic (exact) mass is 218 g/mol. The highest BCUT2D eigenvalue weighted by Gasteiger charge is 2.27. The molecule has 0 aliphatic carbocycles. The number of benzene rings is 1. The summed E-state index contributed by atoms with van der Waals surface area (Å²) in [5.74, 6) is -3.00. The molecule has 0 saturated heterocycles. The Labute approximate surface area is 92.6 Å². The topological polar surface area (TPSA) is 79.2 Å². The number of rotatable bonds is 3. The molecule has 0 aliphatic rings. The Morgan fingerprint density at radius 2 is 2.00 bits per heavy atom. The first kappa shape index (κ1) is 11.7. The van der Waals surface area contributed by atoms with Crippen LogP contribution < -0.4 is 5.32 Å². The van der Waals surface area contributed by atoms with Gasteiger partial charge < -0.3 is 10.1 Å². The van der Waals surface area contributed by atoms with Crippen LogP contribution in [-0.2, 0) is 14.3 Å². The Hall–Kier alpha value is -2.35. The van der Waals surface area contributed by atoms with Crippen LogP contribution in [0.25, 0.3) is 0 Å². The molecule has 0 fully saturated rings. The summed E-state index contributed by atoms with van der Waals surface area (Å²) in [6, 6.07) is 10.2. The van der Waals surface area contributed by atoms with E-state index >= 15 is 0 Å². The van der Waals surface area contributed by atoms with Crippen molar-refractivity contribution in [2.75, 3.05) is 12.4 Å². The number of hydrogen-bond acceptors (Lipinski definition) is 4. The number of nitriles is 1. The Balaban J connectivity index is 2.72. The van der Waals surface area contributed by atoms with E-state index in [1.54, 1.807) is 36.4 Å². The Bertz CT molecular complexity index is 423. The number of amides is 1. The molecule has 0 saturated carbocycles. The first-order chi connectivity index (χ1) is 7.69. The van der Waals surface area contributed by atoms with Gasteiger partial charge in [-0.3, -0.25) is 9.59 Å². The second kappa shape index (κ2) is 5.51. The Morgan fingerprint density at radius 3 is 2.50 bits per heavy atom. The molecule has 1 rings (SSSR count). The van der Waals surface area contributed by atoms with Gasteiger partial charge in [0.25, 0.3) is 5.91 Å². The third-order valence-electron chi connectivity index (χ3n) is 1.87. The van der Waals surface area contributed by atoms with Crippen LogP contribution in [0.3, 0.4) is 0 Å². The molecule has 0 aliphatic heterocycles. The molecular weight excluding hydrogens is 208 g/mol. The third kappa shape index (κ3) is 2.82. The number of methoxy groups -OCH3 is 1. The second-order valence-corrected chi connectivity index (χ2v) is 2.94. The van der Waals surface area contributed by atoms with Gasteiger partial charge in [0, 0.05) is 5.69 Å². The third-order valence-corrected chi connectivity index (χ3v) is 1.87. The molecule has 0 heterocycles. The van der Waals surface area contributed by atoms with Crippen LogP contribution in [0.5, 0.6) is 0 Å². The summed E-state index contributed by atoms with van der Waals surface area (Å²) in [7, 11) is 1.13. The summed E-state index contributed by atoms with van der Waals surface area (Å²) in [6.07, 6.45) is 0. The summed E-state index contributed by atoms with van der Waals surface area (Å²) in [5.41, 5.74) is 0.525.